The molecular formula is C17H16ClN3O5. The number of nitrogens with one attached hydrogen (secondary N) is 1. The van der Waals surface area contributed by atoms with Crippen LogP contribution in [-0.4, -0.2) is 34.1 Å². The molecular weight excluding hydrogens is 362 g/mol. The van der Waals surface area contributed by atoms with Gasteiger partial charge in [0.1, 0.15) is 0 Å². The fourth-order valence-corrected chi connectivity index (χ4v) is 3.40. The molecule has 1 aromatic rings. The fraction of sp³-hybridized carbons (Fsp3) is 0.353. The van der Waals surface area contributed by atoms with Crippen molar-refractivity contribution in [3.8, 4) is 0 Å². The van der Waals surface area contributed by atoms with E-state index in [1.807, 2.05) is 12.2 Å². The first kappa shape index (κ1) is 18.1. The van der Waals surface area contributed by atoms with Crippen molar-refractivity contribution in [3.63, 3.8) is 0 Å². The highest BCUT2D eigenvalue weighted by Gasteiger charge is 2.46. The molecule has 3 amide bonds. The normalized spacial score (nSPS) is 21.7. The quantitative estimate of drug-likeness (QED) is 0.367. The van der Waals surface area contributed by atoms with Crippen LogP contribution in [0.5, 0.6) is 0 Å². The average molecular weight is 378 g/mol. The maximum atomic E-state index is 12.3. The zero-order valence-electron chi connectivity index (χ0n) is 13.7. The molecule has 2 atom stereocenters. The van der Waals surface area contributed by atoms with E-state index >= 15 is 0 Å². The largest absolute Gasteiger partial charge is 0.325 e. The molecule has 1 N–H and O–H groups in total. The van der Waals surface area contributed by atoms with Gasteiger partial charge in [0.25, 0.3) is 5.69 Å². The Morgan fingerprint density at radius 1 is 1.23 bits per heavy atom. The van der Waals surface area contributed by atoms with E-state index in [0.29, 0.717) is 12.8 Å². The van der Waals surface area contributed by atoms with Crippen LogP contribution in [0.3, 0.4) is 0 Å². The molecule has 1 saturated heterocycles. The minimum absolute atomic E-state index is 0.0248. The standard InChI is InChI=1S/C17H16ClN3O5/c18-13-6-5-10(21(25)26)9-14(13)19-15(22)7-8-20-16(23)11-3-1-2-4-12(11)17(20)24/h1-2,5-6,9,11-12H,3-4,7-8H2,(H,19,22)/t11-,12-/m1/s1. The van der Waals surface area contributed by atoms with E-state index in [-0.39, 0.29) is 53.0 Å². The van der Waals surface area contributed by atoms with Crippen molar-refractivity contribution in [3.05, 3.63) is 45.5 Å². The summed E-state index contributed by atoms with van der Waals surface area (Å²) >= 11 is 5.94. The molecule has 2 aliphatic rings. The number of hydrogen-bond donors (Lipinski definition) is 1. The number of anilines is 1. The van der Waals surface area contributed by atoms with Gasteiger partial charge < -0.3 is 5.32 Å². The molecule has 0 aromatic heterocycles. The Balaban J connectivity index is 1.61. The molecule has 8 nitrogen and oxygen atoms in total. The maximum Gasteiger partial charge on any atom is 0.271 e. The van der Waals surface area contributed by atoms with E-state index in [1.54, 1.807) is 0 Å². The second-order valence-corrected chi connectivity index (χ2v) is 6.61. The average Bonchev–Trinajstić information content (AvgIpc) is 2.86. The minimum Gasteiger partial charge on any atom is -0.325 e. The van der Waals surface area contributed by atoms with Gasteiger partial charge in [0.2, 0.25) is 17.7 Å². The SMILES string of the molecule is O=C(CCN1C(=O)[C@@H]2CC=CC[C@H]2C1=O)Nc1cc([N+](=O)[O-])ccc1Cl. The third-order valence-electron chi connectivity index (χ3n) is 4.60. The summed E-state index contributed by atoms with van der Waals surface area (Å²) in [7, 11) is 0. The number of allylic oxidation sites excluding steroid dienone is 2. The van der Waals surface area contributed by atoms with Crippen LogP contribution in [0.25, 0.3) is 0 Å². The van der Waals surface area contributed by atoms with Crippen LogP contribution in [-0.2, 0) is 14.4 Å². The van der Waals surface area contributed by atoms with Crippen molar-refractivity contribution >= 4 is 40.7 Å². The molecule has 136 valence electrons. The number of non-ortho nitro benzene ring substituents is 1. The lowest BCUT2D eigenvalue weighted by molar-refractivity contribution is -0.384. The smallest absolute Gasteiger partial charge is 0.271 e. The second kappa shape index (κ2) is 7.25. The van der Waals surface area contributed by atoms with E-state index < -0.39 is 10.8 Å². The third kappa shape index (κ3) is 3.45. The number of hydrogen-bond acceptors (Lipinski definition) is 5. The van der Waals surface area contributed by atoms with Crippen LogP contribution >= 0.6 is 11.6 Å². The van der Waals surface area contributed by atoms with Gasteiger partial charge in [0.15, 0.2) is 0 Å². The number of fused-ring (bicyclic) bond motifs is 1. The zero-order valence-corrected chi connectivity index (χ0v) is 14.4. The monoisotopic (exact) mass is 377 g/mol. The molecule has 26 heavy (non-hydrogen) atoms. The van der Waals surface area contributed by atoms with E-state index in [9.17, 15) is 24.5 Å². The minimum atomic E-state index is -0.594. The van der Waals surface area contributed by atoms with Crippen LogP contribution in [0.4, 0.5) is 11.4 Å². The molecule has 0 unspecified atom stereocenters. The zero-order chi connectivity index (χ0) is 18.8. The topological polar surface area (TPSA) is 110 Å². The number of nitro benzene ring substituents is 1. The summed E-state index contributed by atoms with van der Waals surface area (Å²) in [5.74, 6) is -1.64. The Hall–Kier alpha value is -2.74. The molecule has 0 spiro atoms. The van der Waals surface area contributed by atoms with Gasteiger partial charge in [-0.05, 0) is 18.9 Å². The molecule has 0 bridgehead atoms. The summed E-state index contributed by atoms with van der Waals surface area (Å²) in [4.78, 5) is 48.2. The number of nitro groups is 1. The number of amides is 3. The van der Waals surface area contributed by atoms with Crippen molar-refractivity contribution in [2.75, 3.05) is 11.9 Å². The molecule has 1 fully saturated rings. The van der Waals surface area contributed by atoms with Gasteiger partial charge in [-0.2, -0.15) is 0 Å². The van der Waals surface area contributed by atoms with Gasteiger partial charge in [-0.3, -0.25) is 29.4 Å². The summed E-state index contributed by atoms with van der Waals surface area (Å²) in [6, 6.07) is 3.71. The number of imide groups is 1. The summed E-state index contributed by atoms with van der Waals surface area (Å²) < 4.78 is 0. The number of likely N-dealkylation sites (tertiary alicyclic amines) is 1. The number of carbonyl (C=O) groups is 3. The summed E-state index contributed by atoms with van der Waals surface area (Å²) in [5.41, 5.74) is -0.0889. The first-order valence-corrected chi connectivity index (χ1v) is 8.50. The number of carbonyl (C=O) groups excluding carboxylic acids is 3. The Morgan fingerprint density at radius 2 is 1.85 bits per heavy atom. The second-order valence-electron chi connectivity index (χ2n) is 6.20. The highest BCUT2D eigenvalue weighted by molar-refractivity contribution is 6.33. The van der Waals surface area contributed by atoms with Crippen LogP contribution in [0.15, 0.2) is 30.4 Å². The van der Waals surface area contributed by atoms with Crippen molar-refractivity contribution in [2.45, 2.75) is 19.3 Å². The predicted molar refractivity (Wildman–Crippen MR) is 93.4 cm³/mol. The lowest BCUT2D eigenvalue weighted by Gasteiger charge is -2.14. The molecule has 9 heteroatoms. The van der Waals surface area contributed by atoms with E-state index in [1.165, 1.54) is 12.1 Å². The van der Waals surface area contributed by atoms with Crippen molar-refractivity contribution in [1.29, 1.82) is 0 Å². The Kier molecular flexibility index (Phi) is 5.03. The highest BCUT2D eigenvalue weighted by atomic mass is 35.5. The molecule has 0 saturated carbocycles. The number of benzene rings is 1. The highest BCUT2D eigenvalue weighted by Crippen LogP contribution is 2.35. The van der Waals surface area contributed by atoms with E-state index in [4.69, 9.17) is 11.6 Å². The van der Waals surface area contributed by atoms with Gasteiger partial charge in [-0.25, -0.2) is 0 Å². The molecule has 0 radical (unpaired) electrons. The Labute approximate surface area is 153 Å². The van der Waals surface area contributed by atoms with Gasteiger partial charge in [-0.1, -0.05) is 23.8 Å². The molecule has 1 aliphatic carbocycles. The summed E-state index contributed by atoms with van der Waals surface area (Å²) in [6.45, 7) is -0.0248. The van der Waals surface area contributed by atoms with Crippen LogP contribution < -0.4 is 5.32 Å². The first-order valence-electron chi connectivity index (χ1n) is 8.12. The van der Waals surface area contributed by atoms with Crippen molar-refractivity contribution in [2.24, 2.45) is 11.8 Å². The number of nitrogens with zero attached hydrogens (tertiary/aromatic N) is 2. The maximum absolute atomic E-state index is 12.3. The van der Waals surface area contributed by atoms with Crippen molar-refractivity contribution in [1.82, 2.24) is 4.90 Å². The Bertz CT molecular complexity index is 797. The van der Waals surface area contributed by atoms with Crippen LogP contribution in [0, 0.1) is 22.0 Å². The summed E-state index contributed by atoms with van der Waals surface area (Å²) in [5, 5.41) is 13.5. The molecule has 1 heterocycles. The number of halogens is 1. The van der Waals surface area contributed by atoms with Gasteiger partial charge in [-0.15, -0.1) is 0 Å². The Morgan fingerprint density at radius 3 is 2.42 bits per heavy atom. The third-order valence-corrected chi connectivity index (χ3v) is 4.93. The first-order chi connectivity index (χ1) is 12.4. The van der Waals surface area contributed by atoms with E-state index in [2.05, 4.69) is 5.32 Å². The van der Waals surface area contributed by atoms with E-state index in [0.717, 1.165) is 11.0 Å². The number of rotatable bonds is 5. The predicted octanol–water partition coefficient (Wildman–Crippen LogP) is 2.53. The van der Waals surface area contributed by atoms with Crippen LogP contribution in [0.1, 0.15) is 19.3 Å². The summed E-state index contributed by atoms with van der Waals surface area (Å²) in [6.07, 6.45) is 4.77. The lowest BCUT2D eigenvalue weighted by Crippen LogP contribution is -2.34. The molecule has 1 aliphatic heterocycles. The van der Waals surface area contributed by atoms with Crippen molar-refractivity contribution < 1.29 is 19.3 Å². The fourth-order valence-electron chi connectivity index (χ4n) is 3.24. The van der Waals surface area contributed by atoms with Gasteiger partial charge in [0.05, 0.1) is 27.5 Å². The van der Waals surface area contributed by atoms with Gasteiger partial charge in [0, 0.05) is 25.1 Å². The van der Waals surface area contributed by atoms with Crippen LogP contribution in [0.2, 0.25) is 5.02 Å². The molecule has 3 rings (SSSR count). The molecule has 1 aromatic carbocycles. The lowest BCUT2D eigenvalue weighted by atomic mass is 9.85. The van der Waals surface area contributed by atoms with Gasteiger partial charge >= 0.3 is 0 Å².